The first-order valence-electron chi connectivity index (χ1n) is 5.84. The molecule has 0 aromatic carbocycles. The Labute approximate surface area is 104 Å². The van der Waals surface area contributed by atoms with Crippen LogP contribution in [-0.4, -0.2) is 41.3 Å². The zero-order valence-corrected chi connectivity index (χ0v) is 9.86. The van der Waals surface area contributed by atoms with Gasteiger partial charge in [0.25, 0.3) is 5.91 Å². The Balaban J connectivity index is 1.86. The Bertz CT molecular complexity index is 458. The Morgan fingerprint density at radius 1 is 1.39 bits per heavy atom. The minimum Gasteiger partial charge on any atom is -0.343 e. The van der Waals surface area contributed by atoms with E-state index in [1.54, 1.807) is 4.90 Å². The highest BCUT2D eigenvalue weighted by atomic mass is 19.1. The fourth-order valence-electron chi connectivity index (χ4n) is 1.88. The highest BCUT2D eigenvalue weighted by Crippen LogP contribution is 2.07. The van der Waals surface area contributed by atoms with Crippen molar-refractivity contribution in [3.8, 4) is 0 Å². The van der Waals surface area contributed by atoms with Gasteiger partial charge in [0, 0.05) is 30.9 Å². The van der Waals surface area contributed by atoms with Crippen LogP contribution in [0.25, 0.3) is 0 Å². The number of likely N-dealkylation sites (tertiary alicyclic amines) is 1. The second-order valence-electron chi connectivity index (χ2n) is 4.14. The van der Waals surface area contributed by atoms with Crippen LogP contribution in [0, 0.1) is 5.95 Å². The van der Waals surface area contributed by atoms with Gasteiger partial charge in [-0.3, -0.25) is 9.59 Å². The molecular formula is C12H14FN3O2. The molecule has 0 radical (unpaired) electrons. The number of nitrogens with zero attached hydrogens (tertiary/aromatic N) is 2. The fourth-order valence-corrected chi connectivity index (χ4v) is 1.88. The van der Waals surface area contributed by atoms with Crippen LogP contribution in [0.4, 0.5) is 4.39 Å². The first-order chi connectivity index (χ1) is 8.66. The van der Waals surface area contributed by atoms with Gasteiger partial charge in [-0.2, -0.15) is 4.39 Å². The lowest BCUT2D eigenvalue weighted by Gasteiger charge is -2.15. The lowest BCUT2D eigenvalue weighted by Crippen LogP contribution is -2.38. The van der Waals surface area contributed by atoms with Crippen molar-refractivity contribution < 1.29 is 14.0 Å². The Hall–Kier alpha value is -1.98. The van der Waals surface area contributed by atoms with E-state index in [0.29, 0.717) is 0 Å². The molecule has 18 heavy (non-hydrogen) atoms. The van der Waals surface area contributed by atoms with Gasteiger partial charge in [0.05, 0.1) is 6.54 Å². The SMILES string of the molecule is O=C(NCC(=O)N1CCCC1)c1ccnc(F)c1. The van der Waals surface area contributed by atoms with Crippen molar-refractivity contribution in [2.75, 3.05) is 19.6 Å². The van der Waals surface area contributed by atoms with Crippen LogP contribution in [0.15, 0.2) is 18.3 Å². The van der Waals surface area contributed by atoms with Crippen LogP contribution in [0.2, 0.25) is 0 Å². The Morgan fingerprint density at radius 3 is 2.78 bits per heavy atom. The predicted molar refractivity (Wildman–Crippen MR) is 62.3 cm³/mol. The van der Waals surface area contributed by atoms with Gasteiger partial charge in [0.2, 0.25) is 11.9 Å². The summed E-state index contributed by atoms with van der Waals surface area (Å²) in [6.07, 6.45) is 3.23. The zero-order valence-electron chi connectivity index (χ0n) is 9.86. The summed E-state index contributed by atoms with van der Waals surface area (Å²) in [5.74, 6) is -1.28. The molecule has 96 valence electrons. The summed E-state index contributed by atoms with van der Waals surface area (Å²) < 4.78 is 12.8. The molecule has 1 aromatic rings. The number of hydrogen-bond acceptors (Lipinski definition) is 3. The highest BCUT2D eigenvalue weighted by Gasteiger charge is 2.18. The lowest BCUT2D eigenvalue weighted by molar-refractivity contribution is -0.129. The minimum absolute atomic E-state index is 0.0528. The highest BCUT2D eigenvalue weighted by molar-refractivity contribution is 5.96. The van der Waals surface area contributed by atoms with Crippen molar-refractivity contribution in [1.82, 2.24) is 15.2 Å². The largest absolute Gasteiger partial charge is 0.343 e. The third-order valence-corrected chi connectivity index (χ3v) is 2.85. The van der Waals surface area contributed by atoms with Crippen LogP contribution in [-0.2, 0) is 4.79 Å². The molecule has 0 saturated carbocycles. The number of nitrogens with one attached hydrogen (secondary N) is 1. The van der Waals surface area contributed by atoms with Gasteiger partial charge in [0.1, 0.15) is 0 Å². The van der Waals surface area contributed by atoms with Gasteiger partial charge >= 0.3 is 0 Å². The third kappa shape index (κ3) is 3.03. The van der Waals surface area contributed by atoms with Crippen molar-refractivity contribution in [2.24, 2.45) is 0 Å². The van der Waals surface area contributed by atoms with E-state index in [1.807, 2.05) is 0 Å². The molecule has 5 nitrogen and oxygen atoms in total. The molecule has 0 spiro atoms. The smallest absolute Gasteiger partial charge is 0.251 e. The van der Waals surface area contributed by atoms with Crippen molar-refractivity contribution >= 4 is 11.8 Å². The number of aromatic nitrogens is 1. The molecule has 2 heterocycles. The summed E-state index contributed by atoms with van der Waals surface area (Å²) in [6, 6.07) is 2.44. The number of carbonyl (C=O) groups is 2. The van der Waals surface area contributed by atoms with Crippen molar-refractivity contribution in [2.45, 2.75) is 12.8 Å². The van der Waals surface area contributed by atoms with Crippen LogP contribution in [0.3, 0.4) is 0 Å². The number of hydrogen-bond donors (Lipinski definition) is 1. The van der Waals surface area contributed by atoms with Crippen LogP contribution in [0.5, 0.6) is 0 Å². The Morgan fingerprint density at radius 2 is 2.11 bits per heavy atom. The topological polar surface area (TPSA) is 62.3 Å². The monoisotopic (exact) mass is 251 g/mol. The molecule has 1 aliphatic heterocycles. The molecule has 2 amide bonds. The number of rotatable bonds is 3. The van der Waals surface area contributed by atoms with E-state index in [9.17, 15) is 14.0 Å². The van der Waals surface area contributed by atoms with Gasteiger partial charge in [0.15, 0.2) is 0 Å². The summed E-state index contributed by atoms with van der Waals surface area (Å²) >= 11 is 0. The molecule has 1 aliphatic rings. The molecule has 0 bridgehead atoms. The van der Waals surface area contributed by atoms with Gasteiger partial charge < -0.3 is 10.2 Å². The summed E-state index contributed by atoms with van der Waals surface area (Å²) in [6.45, 7) is 1.44. The molecule has 0 unspecified atom stereocenters. The van der Waals surface area contributed by atoms with Gasteiger partial charge in [-0.05, 0) is 18.9 Å². The van der Waals surface area contributed by atoms with E-state index in [4.69, 9.17) is 0 Å². The predicted octanol–water partition coefficient (Wildman–Crippen LogP) is 0.573. The van der Waals surface area contributed by atoms with E-state index < -0.39 is 11.9 Å². The van der Waals surface area contributed by atoms with E-state index in [2.05, 4.69) is 10.3 Å². The molecule has 1 fully saturated rings. The lowest BCUT2D eigenvalue weighted by atomic mass is 10.2. The van der Waals surface area contributed by atoms with Crippen LogP contribution in [0.1, 0.15) is 23.2 Å². The molecule has 1 saturated heterocycles. The third-order valence-electron chi connectivity index (χ3n) is 2.85. The van der Waals surface area contributed by atoms with E-state index >= 15 is 0 Å². The molecule has 2 rings (SSSR count). The average Bonchev–Trinajstić information content (AvgIpc) is 2.89. The summed E-state index contributed by atoms with van der Waals surface area (Å²) in [5.41, 5.74) is 0.164. The van der Waals surface area contributed by atoms with Crippen LogP contribution >= 0.6 is 0 Å². The van der Waals surface area contributed by atoms with Crippen molar-refractivity contribution in [1.29, 1.82) is 0 Å². The van der Waals surface area contributed by atoms with Gasteiger partial charge in [-0.1, -0.05) is 0 Å². The van der Waals surface area contributed by atoms with Crippen molar-refractivity contribution in [3.63, 3.8) is 0 Å². The van der Waals surface area contributed by atoms with E-state index in [-0.39, 0.29) is 18.0 Å². The second-order valence-corrected chi connectivity index (χ2v) is 4.14. The maximum atomic E-state index is 12.8. The van der Waals surface area contributed by atoms with Gasteiger partial charge in [-0.25, -0.2) is 4.98 Å². The first kappa shape index (κ1) is 12.5. The number of halogens is 1. The van der Waals surface area contributed by atoms with Crippen molar-refractivity contribution in [3.05, 3.63) is 29.8 Å². The average molecular weight is 251 g/mol. The molecule has 1 N–H and O–H groups in total. The molecule has 1 aromatic heterocycles. The minimum atomic E-state index is -0.714. The summed E-state index contributed by atoms with van der Waals surface area (Å²) in [5, 5.41) is 2.48. The van der Waals surface area contributed by atoms with E-state index in [1.165, 1.54) is 12.3 Å². The fraction of sp³-hybridized carbons (Fsp3) is 0.417. The Kier molecular flexibility index (Phi) is 3.86. The maximum Gasteiger partial charge on any atom is 0.251 e. The van der Waals surface area contributed by atoms with Crippen LogP contribution < -0.4 is 5.32 Å². The maximum absolute atomic E-state index is 12.8. The normalized spacial score (nSPS) is 14.6. The molecule has 0 atom stereocenters. The molecular weight excluding hydrogens is 237 g/mol. The molecule has 0 aliphatic carbocycles. The number of pyridine rings is 1. The summed E-state index contributed by atoms with van der Waals surface area (Å²) in [7, 11) is 0. The second kappa shape index (κ2) is 5.57. The van der Waals surface area contributed by atoms with Gasteiger partial charge in [-0.15, -0.1) is 0 Å². The number of amides is 2. The standard InChI is InChI=1S/C12H14FN3O2/c13-10-7-9(3-4-14-10)12(18)15-8-11(17)16-5-1-2-6-16/h3-4,7H,1-2,5-6,8H2,(H,15,18). The number of carbonyl (C=O) groups excluding carboxylic acids is 2. The summed E-state index contributed by atoms with van der Waals surface area (Å²) in [4.78, 5) is 28.4. The first-order valence-corrected chi connectivity index (χ1v) is 5.84. The quantitative estimate of drug-likeness (QED) is 0.799. The molecule has 6 heteroatoms. The van der Waals surface area contributed by atoms with E-state index in [0.717, 1.165) is 32.0 Å². The zero-order chi connectivity index (χ0) is 13.0.